The maximum absolute atomic E-state index is 12.5. The van der Waals surface area contributed by atoms with Crippen LogP contribution in [0, 0.1) is 11.3 Å². The number of rotatable bonds is 8. The molecule has 132 valence electrons. The van der Waals surface area contributed by atoms with E-state index in [9.17, 15) is 9.59 Å². The maximum Gasteiger partial charge on any atom is 0.407 e. The van der Waals surface area contributed by atoms with Crippen LogP contribution in [0.15, 0.2) is 29.6 Å². The van der Waals surface area contributed by atoms with Gasteiger partial charge in [-0.25, -0.2) is 4.79 Å². The molecule has 0 aliphatic rings. The van der Waals surface area contributed by atoms with Crippen LogP contribution in [0.25, 0.3) is 10.1 Å². The molecule has 0 spiro atoms. The first-order valence-electron chi connectivity index (χ1n) is 8.18. The number of unbranched alkanes of at least 4 members (excludes halogenated alkanes) is 1. The summed E-state index contributed by atoms with van der Waals surface area (Å²) < 4.78 is 6.14. The van der Waals surface area contributed by atoms with Gasteiger partial charge in [0.25, 0.3) is 0 Å². The van der Waals surface area contributed by atoms with Crippen molar-refractivity contribution in [1.29, 1.82) is 5.26 Å². The zero-order chi connectivity index (χ0) is 18.1. The minimum Gasteiger partial charge on any atom is -0.450 e. The fraction of sp³-hybridized carbons (Fsp3) is 0.389. The number of hydrogen-bond donors (Lipinski definition) is 2. The number of ether oxygens (including phenoxy) is 1. The summed E-state index contributed by atoms with van der Waals surface area (Å²) in [4.78, 5) is 24.2. The van der Waals surface area contributed by atoms with Gasteiger partial charge in [0.1, 0.15) is 6.54 Å². The van der Waals surface area contributed by atoms with Gasteiger partial charge in [-0.3, -0.25) is 4.79 Å². The molecule has 1 aromatic carbocycles. The van der Waals surface area contributed by atoms with E-state index in [0.717, 1.165) is 28.5 Å². The lowest BCUT2D eigenvalue weighted by atomic mass is 9.97. The quantitative estimate of drug-likeness (QED) is 0.559. The molecule has 0 bridgehead atoms. The van der Waals surface area contributed by atoms with Gasteiger partial charge in [0.05, 0.1) is 18.6 Å². The average Bonchev–Trinajstić information content (AvgIpc) is 3.04. The van der Waals surface area contributed by atoms with E-state index in [-0.39, 0.29) is 19.0 Å². The number of hydrogen-bond acceptors (Lipinski definition) is 5. The van der Waals surface area contributed by atoms with Gasteiger partial charge in [-0.1, -0.05) is 31.5 Å². The fourth-order valence-electron chi connectivity index (χ4n) is 2.41. The SMILES string of the molecule is CCCCOC(=O)NCC(C(=O)NCC#N)c1csc2ccccc12. The third-order valence-corrected chi connectivity index (χ3v) is 4.71. The van der Waals surface area contributed by atoms with Crippen LogP contribution in [0.5, 0.6) is 0 Å². The smallest absolute Gasteiger partial charge is 0.407 e. The van der Waals surface area contributed by atoms with Gasteiger partial charge in [0.15, 0.2) is 0 Å². The van der Waals surface area contributed by atoms with E-state index in [4.69, 9.17) is 10.00 Å². The summed E-state index contributed by atoms with van der Waals surface area (Å²) in [6.45, 7) is 2.41. The van der Waals surface area contributed by atoms with Crippen LogP contribution in [0.4, 0.5) is 4.79 Å². The lowest BCUT2D eigenvalue weighted by Crippen LogP contribution is -2.37. The summed E-state index contributed by atoms with van der Waals surface area (Å²) in [7, 11) is 0. The van der Waals surface area contributed by atoms with Crippen molar-refractivity contribution in [2.75, 3.05) is 19.7 Å². The lowest BCUT2D eigenvalue weighted by molar-refractivity contribution is -0.122. The molecule has 0 aliphatic heterocycles. The number of fused-ring (bicyclic) bond motifs is 1. The number of nitrogens with zero attached hydrogens (tertiary/aromatic N) is 1. The standard InChI is InChI=1S/C18H21N3O3S/c1-2-3-10-24-18(23)21-11-14(17(22)20-9-8-19)15-12-25-16-7-5-4-6-13(15)16/h4-7,12,14H,2-3,9-11H2,1H3,(H,20,22)(H,21,23). The van der Waals surface area contributed by atoms with Crippen molar-refractivity contribution in [3.63, 3.8) is 0 Å². The topological polar surface area (TPSA) is 91.2 Å². The van der Waals surface area contributed by atoms with Crippen molar-refractivity contribution in [1.82, 2.24) is 10.6 Å². The minimum absolute atomic E-state index is 0.0711. The maximum atomic E-state index is 12.5. The summed E-state index contributed by atoms with van der Waals surface area (Å²) in [5.74, 6) is -0.873. The number of thiophene rings is 1. The van der Waals surface area contributed by atoms with Crippen molar-refractivity contribution in [3.8, 4) is 6.07 Å². The average molecular weight is 359 g/mol. The Bertz CT molecular complexity index is 766. The molecule has 2 amide bonds. The second-order valence-corrected chi connectivity index (χ2v) is 6.40. The van der Waals surface area contributed by atoms with Crippen molar-refractivity contribution in [3.05, 3.63) is 35.2 Å². The van der Waals surface area contributed by atoms with Gasteiger partial charge in [-0.05, 0) is 28.8 Å². The second kappa shape index (κ2) is 9.64. The van der Waals surface area contributed by atoms with Gasteiger partial charge in [0, 0.05) is 11.2 Å². The van der Waals surface area contributed by atoms with E-state index in [0.29, 0.717) is 6.61 Å². The molecule has 1 heterocycles. The number of nitriles is 1. The van der Waals surface area contributed by atoms with Crippen molar-refractivity contribution in [2.24, 2.45) is 0 Å². The predicted octanol–water partition coefficient (Wildman–Crippen LogP) is 3.15. The van der Waals surface area contributed by atoms with Crippen LogP contribution in [0.3, 0.4) is 0 Å². The molecule has 0 radical (unpaired) electrons. The number of nitrogens with one attached hydrogen (secondary N) is 2. The van der Waals surface area contributed by atoms with Crippen molar-refractivity contribution < 1.29 is 14.3 Å². The van der Waals surface area contributed by atoms with E-state index < -0.39 is 12.0 Å². The summed E-state index contributed by atoms with van der Waals surface area (Å²) in [6.07, 6.45) is 1.20. The molecule has 7 heteroatoms. The first-order valence-corrected chi connectivity index (χ1v) is 9.06. The molecule has 2 rings (SSSR count). The summed E-state index contributed by atoms with van der Waals surface area (Å²) in [5, 5.41) is 16.8. The van der Waals surface area contributed by atoms with E-state index in [1.807, 2.05) is 42.6 Å². The first kappa shape index (κ1) is 18.7. The largest absolute Gasteiger partial charge is 0.450 e. The third-order valence-electron chi connectivity index (χ3n) is 3.73. The zero-order valence-electron chi connectivity index (χ0n) is 14.1. The number of amides is 2. The number of alkyl carbamates (subject to hydrolysis) is 1. The molecule has 0 aliphatic carbocycles. The predicted molar refractivity (Wildman–Crippen MR) is 97.4 cm³/mol. The summed E-state index contributed by atoms with van der Waals surface area (Å²) >= 11 is 1.55. The molecular weight excluding hydrogens is 338 g/mol. The molecule has 1 unspecified atom stereocenters. The molecule has 6 nitrogen and oxygen atoms in total. The van der Waals surface area contributed by atoms with E-state index in [1.54, 1.807) is 11.3 Å². The Morgan fingerprint density at radius 1 is 1.32 bits per heavy atom. The van der Waals surface area contributed by atoms with Crippen molar-refractivity contribution >= 4 is 33.4 Å². The summed E-state index contributed by atoms with van der Waals surface area (Å²) in [6, 6.07) is 9.68. The summed E-state index contributed by atoms with van der Waals surface area (Å²) in [5.41, 5.74) is 0.838. The monoisotopic (exact) mass is 359 g/mol. The highest BCUT2D eigenvalue weighted by atomic mass is 32.1. The van der Waals surface area contributed by atoms with E-state index in [2.05, 4.69) is 10.6 Å². The third kappa shape index (κ3) is 5.19. The Kier molecular flexibility index (Phi) is 7.23. The normalized spacial score (nSPS) is 11.5. The van der Waals surface area contributed by atoms with E-state index >= 15 is 0 Å². The Morgan fingerprint density at radius 3 is 2.88 bits per heavy atom. The molecule has 25 heavy (non-hydrogen) atoms. The Morgan fingerprint density at radius 2 is 2.12 bits per heavy atom. The zero-order valence-corrected chi connectivity index (χ0v) is 14.9. The van der Waals surface area contributed by atoms with Gasteiger partial charge >= 0.3 is 6.09 Å². The van der Waals surface area contributed by atoms with Crippen LogP contribution in [0.1, 0.15) is 31.2 Å². The molecule has 0 saturated heterocycles. The van der Waals surface area contributed by atoms with Gasteiger partial charge in [-0.15, -0.1) is 11.3 Å². The Hall–Kier alpha value is -2.59. The molecule has 0 fully saturated rings. The highest BCUT2D eigenvalue weighted by Gasteiger charge is 2.24. The van der Waals surface area contributed by atoms with Crippen LogP contribution in [0.2, 0.25) is 0 Å². The molecule has 1 atom stereocenters. The minimum atomic E-state index is -0.580. The van der Waals surface area contributed by atoms with Crippen LogP contribution < -0.4 is 10.6 Å². The fourth-order valence-corrected chi connectivity index (χ4v) is 3.42. The molecule has 2 N–H and O–H groups in total. The van der Waals surface area contributed by atoms with Gasteiger partial charge in [-0.2, -0.15) is 5.26 Å². The highest BCUT2D eigenvalue weighted by Crippen LogP contribution is 2.31. The van der Waals surface area contributed by atoms with Crippen LogP contribution in [-0.2, 0) is 9.53 Å². The van der Waals surface area contributed by atoms with Crippen LogP contribution >= 0.6 is 11.3 Å². The van der Waals surface area contributed by atoms with Crippen LogP contribution in [-0.4, -0.2) is 31.7 Å². The van der Waals surface area contributed by atoms with Crippen molar-refractivity contribution in [2.45, 2.75) is 25.7 Å². The molecule has 1 aromatic heterocycles. The second-order valence-electron chi connectivity index (χ2n) is 5.49. The Balaban J connectivity index is 2.12. The van der Waals surface area contributed by atoms with E-state index in [1.165, 1.54) is 0 Å². The molecule has 0 saturated carbocycles. The number of carbonyl (C=O) groups is 2. The van der Waals surface area contributed by atoms with Gasteiger partial charge in [0.2, 0.25) is 5.91 Å². The van der Waals surface area contributed by atoms with Gasteiger partial charge < -0.3 is 15.4 Å². The number of benzene rings is 1. The first-order chi connectivity index (χ1) is 12.2. The molecular formula is C18H21N3O3S. The lowest BCUT2D eigenvalue weighted by Gasteiger charge is -2.16. The highest BCUT2D eigenvalue weighted by molar-refractivity contribution is 7.17. The Labute approximate surface area is 150 Å². The molecule has 2 aromatic rings. The number of carbonyl (C=O) groups excluding carboxylic acids is 2.